The maximum atomic E-state index is 8.50. The molecule has 0 fully saturated rings. The van der Waals surface area contributed by atoms with Gasteiger partial charge in [0, 0.05) is 0 Å². The molecule has 0 bridgehead atoms. The summed E-state index contributed by atoms with van der Waals surface area (Å²) in [5, 5.41) is 0. The van der Waals surface area contributed by atoms with Crippen molar-refractivity contribution in [3.05, 3.63) is 0 Å². The molecule has 9 heavy (non-hydrogen) atoms. The normalized spacial score (nSPS) is 0.889. The van der Waals surface area contributed by atoms with Crippen LogP contribution in [0.1, 0.15) is 44.6 Å². The summed E-state index contributed by atoms with van der Waals surface area (Å²) in [6.07, 6.45) is 0. The van der Waals surface area contributed by atoms with Crippen LogP contribution in [0.5, 0.6) is 0 Å². The molecular formula is C6H24O2Ti. The monoisotopic (exact) mass is 176 g/mol. The zero-order chi connectivity index (χ0) is 2.71. The third kappa shape index (κ3) is 3360. The van der Waals surface area contributed by atoms with Gasteiger partial charge in [-0.2, -0.15) is 0 Å². The van der Waals surface area contributed by atoms with Crippen LogP contribution < -0.4 is 0 Å². The van der Waals surface area contributed by atoms with Gasteiger partial charge < -0.3 is 0 Å². The molecule has 0 aliphatic rings. The second kappa shape index (κ2) is 258. The number of hydrogen-bond acceptors (Lipinski definition) is 2. The summed E-state index contributed by atoms with van der Waals surface area (Å²) in [5.74, 6) is 0. The molecule has 0 unspecified atom stereocenters. The molecule has 0 saturated carbocycles. The second-order valence-electron chi connectivity index (χ2n) is 0.0833. The van der Waals surface area contributed by atoms with Crippen LogP contribution in [0, 0.1) is 0 Å². The summed E-state index contributed by atoms with van der Waals surface area (Å²) < 4.78 is 17.0. The van der Waals surface area contributed by atoms with Gasteiger partial charge in [-0.3, -0.25) is 0 Å². The second-order valence-corrected chi connectivity index (χ2v) is 0.344. The van der Waals surface area contributed by atoms with E-state index >= 15 is 0 Å². The molecule has 0 spiro atoms. The van der Waals surface area contributed by atoms with Gasteiger partial charge in [0.15, 0.2) is 0 Å². The van der Waals surface area contributed by atoms with Crippen LogP contribution in [-0.4, -0.2) is 0 Å². The third-order valence-electron chi connectivity index (χ3n) is 0. The number of hydrogen-bond donors (Lipinski definition) is 0. The minimum absolute atomic E-state index is 0. The fraction of sp³-hybridized carbons (Fsp3) is 1.00. The van der Waals surface area contributed by atoms with Crippen molar-refractivity contribution in [2.45, 2.75) is 44.6 Å². The van der Waals surface area contributed by atoms with Gasteiger partial charge in [-0.1, -0.05) is 44.6 Å². The Morgan fingerprint density at radius 1 is 0.556 bits per heavy atom. The first-order chi connectivity index (χ1) is 1.41. The first kappa shape index (κ1) is 120. The van der Waals surface area contributed by atoms with Crippen LogP contribution in [0.4, 0.5) is 0 Å². The van der Waals surface area contributed by atoms with Gasteiger partial charge in [-0.25, -0.2) is 0 Å². The van der Waals surface area contributed by atoms with E-state index in [9.17, 15) is 0 Å². The number of rotatable bonds is 0. The van der Waals surface area contributed by atoms with E-state index in [1.165, 1.54) is 0 Å². The molecule has 0 aliphatic heterocycles. The Balaban J connectivity index is -0.00000000133. The molecule has 0 aromatic rings. The zero-order valence-electron chi connectivity index (χ0n) is 1.32. The van der Waals surface area contributed by atoms with Crippen molar-refractivity contribution in [3.8, 4) is 0 Å². The summed E-state index contributed by atoms with van der Waals surface area (Å²) >= 11 is -2.00. The van der Waals surface area contributed by atoms with Crippen molar-refractivity contribution in [1.29, 1.82) is 0 Å². The molecule has 3 heteroatoms. The minimum atomic E-state index is -2.00. The fourth-order valence-electron chi connectivity index (χ4n) is 0. The van der Waals surface area contributed by atoms with E-state index < -0.39 is 19.1 Å². The summed E-state index contributed by atoms with van der Waals surface area (Å²) in [7, 11) is 0. The van der Waals surface area contributed by atoms with E-state index in [2.05, 4.69) is 0 Å². The molecule has 0 amide bonds. The molecule has 0 aliphatic carbocycles. The molecule has 0 rings (SSSR count). The maximum absolute atomic E-state index is 8.50. The predicted molar refractivity (Wildman–Crippen MR) is 41.8 cm³/mol. The van der Waals surface area contributed by atoms with Crippen molar-refractivity contribution in [2.24, 2.45) is 0 Å². The molecule has 0 radical (unpaired) electrons. The van der Waals surface area contributed by atoms with Gasteiger partial charge in [0.05, 0.1) is 0 Å². The van der Waals surface area contributed by atoms with E-state index in [-0.39, 0.29) is 44.6 Å². The molecule has 0 aromatic heterocycles. The van der Waals surface area contributed by atoms with Gasteiger partial charge in [-0.15, -0.1) is 0 Å². The van der Waals surface area contributed by atoms with Crippen molar-refractivity contribution < 1.29 is 25.7 Å². The van der Waals surface area contributed by atoms with Crippen molar-refractivity contribution >= 4 is 0 Å². The molecule has 0 saturated heterocycles. The first-order valence-corrected chi connectivity index (χ1v) is 1.68. The SMILES string of the molecule is C.C.C.C.C.C.[O]=[Ti]=[O]. The Hall–Kier alpha value is 0.314. The van der Waals surface area contributed by atoms with Crippen LogP contribution in [-0.2, 0) is 25.7 Å². The molecule has 0 aromatic carbocycles. The van der Waals surface area contributed by atoms with E-state index in [1.807, 2.05) is 0 Å². The Kier molecular flexibility index (Phi) is 3440. The quantitative estimate of drug-likeness (QED) is 0.528. The van der Waals surface area contributed by atoms with Crippen molar-refractivity contribution in [1.82, 2.24) is 0 Å². The molecular weight excluding hydrogens is 152 g/mol. The molecule has 0 N–H and O–H groups in total. The van der Waals surface area contributed by atoms with Gasteiger partial charge in [0.2, 0.25) is 0 Å². The van der Waals surface area contributed by atoms with Gasteiger partial charge in [0.1, 0.15) is 0 Å². The summed E-state index contributed by atoms with van der Waals surface area (Å²) in [6, 6.07) is 0. The Bertz CT molecular complexity index is 32.0. The Morgan fingerprint density at radius 2 is 0.556 bits per heavy atom. The molecule has 0 atom stereocenters. The van der Waals surface area contributed by atoms with E-state index in [0.29, 0.717) is 0 Å². The van der Waals surface area contributed by atoms with Crippen LogP contribution in [0.2, 0.25) is 0 Å². The Labute approximate surface area is 70.6 Å². The average molecular weight is 176 g/mol. The van der Waals surface area contributed by atoms with E-state index in [1.54, 1.807) is 0 Å². The van der Waals surface area contributed by atoms with Gasteiger partial charge in [0.25, 0.3) is 0 Å². The standard InChI is InChI=1S/6CH4.2O.Ti/h6*1H4;;;. The van der Waals surface area contributed by atoms with Gasteiger partial charge >= 0.3 is 25.7 Å². The molecule has 2 nitrogen and oxygen atoms in total. The summed E-state index contributed by atoms with van der Waals surface area (Å²) in [6.45, 7) is 0. The topological polar surface area (TPSA) is 34.1 Å². The van der Waals surface area contributed by atoms with Crippen LogP contribution in [0.3, 0.4) is 0 Å². The summed E-state index contributed by atoms with van der Waals surface area (Å²) in [5.41, 5.74) is 0. The van der Waals surface area contributed by atoms with Crippen LogP contribution in [0.15, 0.2) is 0 Å². The average Bonchev–Trinajstić information content (AvgIpc) is 0.918. The van der Waals surface area contributed by atoms with Gasteiger partial charge in [-0.05, 0) is 0 Å². The third-order valence-corrected chi connectivity index (χ3v) is 0. The summed E-state index contributed by atoms with van der Waals surface area (Å²) in [4.78, 5) is 0. The Morgan fingerprint density at radius 3 is 0.556 bits per heavy atom. The predicted octanol–water partition coefficient (Wildman–Crippen LogP) is 3.58. The molecule has 64 valence electrons. The van der Waals surface area contributed by atoms with Crippen molar-refractivity contribution in [2.75, 3.05) is 0 Å². The zero-order valence-corrected chi connectivity index (χ0v) is 2.88. The molecule has 0 heterocycles. The van der Waals surface area contributed by atoms with E-state index in [4.69, 9.17) is 6.65 Å². The van der Waals surface area contributed by atoms with E-state index in [0.717, 1.165) is 0 Å². The first-order valence-electron chi connectivity index (χ1n) is 0.408. The van der Waals surface area contributed by atoms with Crippen LogP contribution >= 0.6 is 0 Å². The van der Waals surface area contributed by atoms with Crippen molar-refractivity contribution in [3.63, 3.8) is 0 Å². The van der Waals surface area contributed by atoms with Crippen LogP contribution in [0.25, 0.3) is 0 Å². The fourth-order valence-corrected chi connectivity index (χ4v) is 0.